The van der Waals surface area contributed by atoms with Crippen molar-refractivity contribution >= 4 is 19.8 Å². The van der Waals surface area contributed by atoms with E-state index >= 15 is 0 Å². The van der Waals surface area contributed by atoms with E-state index in [1.54, 1.807) is 0 Å². The van der Waals surface area contributed by atoms with Gasteiger partial charge in [0.1, 0.15) is 19.8 Å². The molecule has 10 heteroatoms. The molecular formula is C74H138NO8P. The number of quaternary nitrogens is 1. The van der Waals surface area contributed by atoms with Gasteiger partial charge in [-0.05, 0) is 77.0 Å². The second-order valence-electron chi connectivity index (χ2n) is 25.6. The summed E-state index contributed by atoms with van der Waals surface area (Å²) < 4.78 is 34.3. The van der Waals surface area contributed by atoms with Gasteiger partial charge in [-0.2, -0.15) is 0 Å². The molecule has 0 aromatic rings. The fraction of sp³-hybridized carbons (Fsp3) is 0.838. The first-order valence-corrected chi connectivity index (χ1v) is 37.5. The van der Waals surface area contributed by atoms with Crippen molar-refractivity contribution in [1.29, 1.82) is 0 Å². The standard InChI is InChI=1S/C74H138NO8P/c1-6-8-10-12-14-16-18-20-22-24-26-28-30-32-34-35-36-37-38-39-41-42-44-46-48-50-52-54-56-58-60-62-64-66-73(76)80-70-72(71-82-84(78,79)81-69-68-75(3,4)5)83-74(77)67-65-63-61-59-57-55-53-51-49-47-45-43-40-33-31-29-27-25-23-21-19-17-15-13-11-9-7-2/h9,11,15,17,21,23-24,26-27,29,72H,6-8,10,12-14,16,18-20,22,25,28,30-71H2,1-5H3/b11-9-,17-15-,23-21-,26-24-,29-27-. The van der Waals surface area contributed by atoms with Crippen molar-refractivity contribution in [3.63, 3.8) is 0 Å². The summed E-state index contributed by atoms with van der Waals surface area (Å²) in [4.78, 5) is 38.1. The molecule has 0 saturated carbocycles. The van der Waals surface area contributed by atoms with Gasteiger partial charge < -0.3 is 27.9 Å². The Balaban J connectivity index is 3.98. The fourth-order valence-electron chi connectivity index (χ4n) is 10.5. The number of likely N-dealkylation sites (N-methyl/N-ethyl adjacent to an activating group) is 1. The molecule has 0 bridgehead atoms. The lowest BCUT2D eigenvalue weighted by Crippen LogP contribution is -2.37. The summed E-state index contributed by atoms with van der Waals surface area (Å²) in [7, 11) is 1.18. The maximum atomic E-state index is 12.9. The lowest BCUT2D eigenvalue weighted by molar-refractivity contribution is -0.870. The summed E-state index contributed by atoms with van der Waals surface area (Å²) >= 11 is 0. The van der Waals surface area contributed by atoms with E-state index in [0.29, 0.717) is 17.4 Å². The first-order chi connectivity index (χ1) is 41.0. The number of unbranched alkanes of at least 4 members (excludes halogenated alkanes) is 43. The van der Waals surface area contributed by atoms with Gasteiger partial charge in [0, 0.05) is 12.8 Å². The average molecular weight is 1200 g/mol. The summed E-state index contributed by atoms with van der Waals surface area (Å²) in [6, 6.07) is 0. The zero-order chi connectivity index (χ0) is 61.2. The van der Waals surface area contributed by atoms with Crippen LogP contribution in [0.5, 0.6) is 0 Å². The van der Waals surface area contributed by atoms with Crippen LogP contribution in [0.2, 0.25) is 0 Å². The molecule has 0 saturated heterocycles. The molecule has 0 N–H and O–H groups in total. The Morgan fingerprint density at radius 2 is 0.679 bits per heavy atom. The number of carbonyl (C=O) groups excluding carboxylic acids is 2. The van der Waals surface area contributed by atoms with Crippen molar-refractivity contribution in [2.75, 3.05) is 47.5 Å². The molecule has 0 rings (SSSR count). The molecule has 0 radical (unpaired) electrons. The minimum Gasteiger partial charge on any atom is -0.756 e. The third-order valence-electron chi connectivity index (χ3n) is 16.0. The summed E-state index contributed by atoms with van der Waals surface area (Å²) in [5, 5.41) is 0. The Labute approximate surface area is 521 Å². The summed E-state index contributed by atoms with van der Waals surface area (Å²) in [5.74, 6) is -0.818. The smallest absolute Gasteiger partial charge is 0.306 e. The number of phosphoric ester groups is 1. The van der Waals surface area contributed by atoms with E-state index in [9.17, 15) is 19.0 Å². The molecule has 0 aliphatic rings. The van der Waals surface area contributed by atoms with Crippen LogP contribution in [0.3, 0.4) is 0 Å². The van der Waals surface area contributed by atoms with E-state index < -0.39 is 26.5 Å². The molecule has 0 aromatic carbocycles. The molecule has 0 aliphatic carbocycles. The number of hydrogen-bond acceptors (Lipinski definition) is 8. The largest absolute Gasteiger partial charge is 0.756 e. The molecule has 2 atom stereocenters. The topological polar surface area (TPSA) is 111 Å². The van der Waals surface area contributed by atoms with Crippen molar-refractivity contribution in [3.05, 3.63) is 60.8 Å². The van der Waals surface area contributed by atoms with Crippen molar-refractivity contribution in [3.8, 4) is 0 Å². The van der Waals surface area contributed by atoms with Crippen LogP contribution in [0.1, 0.15) is 348 Å². The first-order valence-electron chi connectivity index (χ1n) is 36.0. The summed E-state index contributed by atoms with van der Waals surface area (Å²) in [6.07, 6.45) is 86.0. The predicted octanol–water partition coefficient (Wildman–Crippen LogP) is 22.8. The van der Waals surface area contributed by atoms with Gasteiger partial charge in [0.25, 0.3) is 7.82 Å². The van der Waals surface area contributed by atoms with E-state index in [-0.39, 0.29) is 32.0 Å². The molecule has 0 aromatic heterocycles. The number of nitrogens with zero attached hydrogens (tertiary/aromatic N) is 1. The van der Waals surface area contributed by atoms with Gasteiger partial charge in [0.2, 0.25) is 0 Å². The number of phosphoric acid groups is 1. The molecule has 9 nitrogen and oxygen atoms in total. The highest BCUT2D eigenvalue weighted by Gasteiger charge is 2.22. The van der Waals surface area contributed by atoms with Gasteiger partial charge >= 0.3 is 11.9 Å². The van der Waals surface area contributed by atoms with E-state index in [4.69, 9.17) is 18.5 Å². The van der Waals surface area contributed by atoms with Crippen LogP contribution in [0.4, 0.5) is 0 Å². The zero-order valence-corrected chi connectivity index (χ0v) is 57.0. The SMILES string of the molecule is CC/C=C\C/C=C\C/C=C\C/C=C\CCCCCCCCCCCCCCCCC(=O)OC(COC(=O)CCCCCCCCCCCCCCCCCCCCCCC/C=C\CCCCCCCCCC)COP(=O)([O-])OCC[N+](C)(C)C. The predicted molar refractivity (Wildman–Crippen MR) is 360 cm³/mol. The van der Waals surface area contributed by atoms with Crippen LogP contribution < -0.4 is 4.89 Å². The monoisotopic (exact) mass is 1200 g/mol. The van der Waals surface area contributed by atoms with Crippen LogP contribution >= 0.6 is 7.82 Å². The van der Waals surface area contributed by atoms with Crippen molar-refractivity contribution < 1.29 is 42.1 Å². The Bertz CT molecular complexity index is 1600. The Hall–Kier alpha value is -2.29. The van der Waals surface area contributed by atoms with Gasteiger partial charge in [-0.3, -0.25) is 14.2 Å². The fourth-order valence-corrected chi connectivity index (χ4v) is 11.3. The van der Waals surface area contributed by atoms with Crippen LogP contribution in [0, 0.1) is 0 Å². The summed E-state index contributed by atoms with van der Waals surface area (Å²) in [6.45, 7) is 4.18. The average Bonchev–Trinajstić information content (AvgIpc) is 3.61. The Kier molecular flexibility index (Phi) is 63.4. The van der Waals surface area contributed by atoms with Crippen molar-refractivity contribution in [1.82, 2.24) is 0 Å². The molecule has 0 heterocycles. The maximum absolute atomic E-state index is 12.9. The molecular weight excluding hydrogens is 1060 g/mol. The van der Waals surface area contributed by atoms with E-state index in [2.05, 4.69) is 74.6 Å². The number of allylic oxidation sites excluding steroid dienone is 10. The third kappa shape index (κ3) is 68.8. The molecule has 0 aliphatic heterocycles. The van der Waals surface area contributed by atoms with Gasteiger partial charge in [-0.25, -0.2) is 0 Å². The lowest BCUT2D eigenvalue weighted by atomic mass is 10.0. The lowest BCUT2D eigenvalue weighted by Gasteiger charge is -2.28. The minimum atomic E-state index is -4.64. The second kappa shape index (κ2) is 65.2. The van der Waals surface area contributed by atoms with E-state index in [1.807, 2.05) is 21.1 Å². The number of rotatable bonds is 67. The van der Waals surface area contributed by atoms with E-state index in [1.165, 1.54) is 250 Å². The quantitative estimate of drug-likeness (QED) is 0.0195. The Morgan fingerprint density at radius 3 is 1.02 bits per heavy atom. The normalized spacial score (nSPS) is 13.5. The van der Waals surface area contributed by atoms with Crippen LogP contribution in [0.15, 0.2) is 60.8 Å². The highest BCUT2D eigenvalue weighted by atomic mass is 31.2. The van der Waals surface area contributed by atoms with Crippen LogP contribution in [-0.4, -0.2) is 70.0 Å². The van der Waals surface area contributed by atoms with Gasteiger partial charge in [0.15, 0.2) is 6.10 Å². The van der Waals surface area contributed by atoms with Crippen molar-refractivity contribution in [2.24, 2.45) is 0 Å². The van der Waals surface area contributed by atoms with Gasteiger partial charge in [0.05, 0.1) is 27.7 Å². The minimum absolute atomic E-state index is 0.0302. The molecule has 84 heavy (non-hydrogen) atoms. The van der Waals surface area contributed by atoms with Gasteiger partial charge in [-0.15, -0.1) is 0 Å². The number of esters is 2. The number of ether oxygens (including phenoxy) is 2. The van der Waals surface area contributed by atoms with E-state index in [0.717, 1.165) is 64.2 Å². The maximum Gasteiger partial charge on any atom is 0.306 e. The summed E-state index contributed by atoms with van der Waals surface area (Å²) in [5.41, 5.74) is 0. The molecule has 2 unspecified atom stereocenters. The number of carbonyl (C=O) groups is 2. The number of hydrogen-bond donors (Lipinski definition) is 0. The highest BCUT2D eigenvalue weighted by molar-refractivity contribution is 7.45. The molecule has 0 fully saturated rings. The molecule has 0 amide bonds. The first kappa shape index (κ1) is 81.7. The molecule has 492 valence electrons. The van der Waals surface area contributed by atoms with Crippen LogP contribution in [-0.2, 0) is 32.7 Å². The third-order valence-corrected chi connectivity index (χ3v) is 17.0. The zero-order valence-electron chi connectivity index (χ0n) is 56.1. The Morgan fingerprint density at radius 1 is 0.381 bits per heavy atom. The molecule has 0 spiro atoms. The van der Waals surface area contributed by atoms with Gasteiger partial charge in [-0.1, -0.05) is 319 Å². The van der Waals surface area contributed by atoms with Crippen molar-refractivity contribution in [2.45, 2.75) is 354 Å². The second-order valence-corrected chi connectivity index (χ2v) is 27.0. The van der Waals surface area contributed by atoms with Crippen LogP contribution in [0.25, 0.3) is 0 Å². The highest BCUT2D eigenvalue weighted by Crippen LogP contribution is 2.38.